The summed E-state index contributed by atoms with van der Waals surface area (Å²) in [4.78, 5) is 41.5. The van der Waals surface area contributed by atoms with E-state index in [2.05, 4.69) is 4.99 Å². The highest BCUT2D eigenvalue weighted by Gasteiger charge is 2.34. The molecule has 162 valence electrons. The molecule has 0 saturated carbocycles. The number of fused-ring (bicyclic) bond motifs is 1. The second-order valence-corrected chi connectivity index (χ2v) is 8.36. The van der Waals surface area contributed by atoms with Gasteiger partial charge in [0.1, 0.15) is 6.04 Å². The van der Waals surface area contributed by atoms with E-state index in [0.29, 0.717) is 31.2 Å². The highest BCUT2D eigenvalue weighted by Crippen LogP contribution is 2.34. The number of methoxy groups -OCH3 is 1. The number of carbonyl (C=O) groups is 1. The van der Waals surface area contributed by atoms with Crippen LogP contribution in [0.25, 0.3) is 6.08 Å². The zero-order valence-corrected chi connectivity index (χ0v) is 18.5. The third-order valence-electron chi connectivity index (χ3n) is 5.01. The number of carbonyl (C=O) groups excluding carboxylic acids is 1. The van der Waals surface area contributed by atoms with Crippen LogP contribution in [0.5, 0.6) is 0 Å². The van der Waals surface area contributed by atoms with Gasteiger partial charge in [-0.15, -0.1) is 0 Å². The van der Waals surface area contributed by atoms with E-state index >= 15 is 0 Å². The summed E-state index contributed by atoms with van der Waals surface area (Å²) in [5.41, 5.74) is 1.23. The van der Waals surface area contributed by atoms with Gasteiger partial charge in [-0.25, -0.2) is 9.79 Å². The van der Waals surface area contributed by atoms with Crippen molar-refractivity contribution in [2.75, 3.05) is 7.11 Å². The van der Waals surface area contributed by atoms with Crippen LogP contribution in [0.2, 0.25) is 5.02 Å². The number of nitro groups is 1. The summed E-state index contributed by atoms with van der Waals surface area (Å²) < 4.78 is 6.69. The van der Waals surface area contributed by atoms with Crippen molar-refractivity contribution < 1.29 is 14.5 Å². The van der Waals surface area contributed by atoms with Gasteiger partial charge in [-0.3, -0.25) is 19.5 Å². The number of nitrogens with zero attached hydrogens (tertiary/aromatic N) is 3. The zero-order chi connectivity index (χ0) is 23.0. The van der Waals surface area contributed by atoms with E-state index in [9.17, 15) is 19.7 Å². The van der Waals surface area contributed by atoms with E-state index in [1.807, 2.05) is 0 Å². The Hall–Kier alpha value is -3.56. The molecule has 10 heteroatoms. The first-order valence-corrected chi connectivity index (χ1v) is 10.6. The van der Waals surface area contributed by atoms with Crippen molar-refractivity contribution in [2.45, 2.75) is 13.0 Å². The number of nitro benzene ring substituents is 1. The molecule has 0 fully saturated rings. The van der Waals surface area contributed by atoms with Crippen LogP contribution in [0.1, 0.15) is 24.1 Å². The Labute approximate surface area is 190 Å². The van der Waals surface area contributed by atoms with Gasteiger partial charge < -0.3 is 4.74 Å². The van der Waals surface area contributed by atoms with Gasteiger partial charge >= 0.3 is 5.97 Å². The van der Waals surface area contributed by atoms with Crippen LogP contribution >= 0.6 is 22.9 Å². The number of ether oxygens (including phenoxy) is 1. The maximum Gasteiger partial charge on any atom is 0.338 e. The van der Waals surface area contributed by atoms with Crippen molar-refractivity contribution in [1.29, 1.82) is 0 Å². The van der Waals surface area contributed by atoms with E-state index in [-0.39, 0.29) is 16.8 Å². The molecule has 0 saturated heterocycles. The molecule has 0 unspecified atom stereocenters. The minimum Gasteiger partial charge on any atom is -0.466 e. The Morgan fingerprint density at radius 3 is 2.72 bits per heavy atom. The molecule has 1 aliphatic rings. The van der Waals surface area contributed by atoms with Crippen molar-refractivity contribution in [3.63, 3.8) is 0 Å². The fourth-order valence-corrected chi connectivity index (χ4v) is 4.85. The van der Waals surface area contributed by atoms with Gasteiger partial charge in [-0.2, -0.15) is 0 Å². The molecule has 0 bridgehead atoms. The van der Waals surface area contributed by atoms with Crippen molar-refractivity contribution >= 4 is 40.7 Å². The topological polar surface area (TPSA) is 104 Å². The molecular formula is C22H16ClN3O5S. The van der Waals surface area contributed by atoms with Crippen molar-refractivity contribution in [3.8, 4) is 0 Å². The fourth-order valence-electron chi connectivity index (χ4n) is 3.56. The Balaban J connectivity index is 1.98. The lowest BCUT2D eigenvalue weighted by molar-refractivity contribution is -0.384. The van der Waals surface area contributed by atoms with Crippen LogP contribution < -0.4 is 14.9 Å². The molecule has 1 aromatic heterocycles. The van der Waals surface area contributed by atoms with Crippen LogP contribution in [0.3, 0.4) is 0 Å². The largest absolute Gasteiger partial charge is 0.466 e. The molecule has 2 heterocycles. The lowest BCUT2D eigenvalue weighted by Crippen LogP contribution is -2.39. The Kier molecular flexibility index (Phi) is 5.77. The molecule has 0 N–H and O–H groups in total. The highest BCUT2D eigenvalue weighted by atomic mass is 35.5. The van der Waals surface area contributed by atoms with E-state index in [0.717, 1.165) is 11.3 Å². The average molecular weight is 470 g/mol. The first-order chi connectivity index (χ1) is 15.3. The smallest absolute Gasteiger partial charge is 0.338 e. The molecule has 0 spiro atoms. The maximum atomic E-state index is 13.4. The average Bonchev–Trinajstić information content (AvgIpc) is 3.07. The van der Waals surface area contributed by atoms with Crippen molar-refractivity contribution in [1.82, 2.24) is 4.57 Å². The quantitative estimate of drug-likeness (QED) is 0.332. The Morgan fingerprint density at radius 2 is 2.03 bits per heavy atom. The SMILES string of the molecule is COC(=O)C1=C(C)N=c2s/c(=C/c3cccc([N+](=O)[O-])c3)c(=O)n2[C@H]1c1ccccc1Cl. The molecule has 1 atom stereocenters. The molecule has 1 aliphatic heterocycles. The number of halogens is 1. The lowest BCUT2D eigenvalue weighted by atomic mass is 9.96. The summed E-state index contributed by atoms with van der Waals surface area (Å²) in [7, 11) is 1.26. The molecular weight excluding hydrogens is 454 g/mol. The number of hydrogen-bond acceptors (Lipinski definition) is 7. The summed E-state index contributed by atoms with van der Waals surface area (Å²) in [5, 5.41) is 11.5. The van der Waals surface area contributed by atoms with E-state index in [1.54, 1.807) is 49.4 Å². The molecule has 32 heavy (non-hydrogen) atoms. The number of thiazole rings is 1. The molecule has 3 aromatic rings. The van der Waals surface area contributed by atoms with Gasteiger partial charge in [0.2, 0.25) is 0 Å². The first kappa shape index (κ1) is 21.7. The summed E-state index contributed by atoms with van der Waals surface area (Å²) in [5.74, 6) is -0.607. The van der Waals surface area contributed by atoms with Crippen molar-refractivity contribution in [3.05, 3.63) is 106 Å². The summed E-state index contributed by atoms with van der Waals surface area (Å²) in [6.07, 6.45) is 1.57. The normalized spacial score (nSPS) is 15.8. The summed E-state index contributed by atoms with van der Waals surface area (Å²) in [6.45, 7) is 1.67. The van der Waals surface area contributed by atoms with E-state index in [1.165, 1.54) is 23.8 Å². The molecule has 2 aromatic carbocycles. The number of allylic oxidation sites excluding steroid dienone is 1. The number of non-ortho nitro benzene ring substituents is 1. The van der Waals surface area contributed by atoms with Gasteiger partial charge in [0.25, 0.3) is 11.2 Å². The predicted molar refractivity (Wildman–Crippen MR) is 120 cm³/mol. The molecule has 0 radical (unpaired) electrons. The number of rotatable bonds is 4. The Morgan fingerprint density at radius 1 is 1.28 bits per heavy atom. The number of aromatic nitrogens is 1. The molecule has 0 aliphatic carbocycles. The second-order valence-electron chi connectivity index (χ2n) is 6.95. The van der Waals surface area contributed by atoms with Gasteiger partial charge in [-0.05, 0) is 30.2 Å². The molecule has 4 rings (SSSR count). The number of esters is 1. The van der Waals surface area contributed by atoms with Crippen LogP contribution in [0, 0.1) is 10.1 Å². The van der Waals surface area contributed by atoms with Crippen LogP contribution in [0.15, 0.2) is 69.6 Å². The van der Waals surface area contributed by atoms with Gasteiger partial charge in [0, 0.05) is 17.2 Å². The summed E-state index contributed by atoms with van der Waals surface area (Å²) in [6, 6.07) is 12.1. The monoisotopic (exact) mass is 469 g/mol. The maximum absolute atomic E-state index is 13.4. The van der Waals surface area contributed by atoms with Crippen LogP contribution in [-0.2, 0) is 9.53 Å². The van der Waals surface area contributed by atoms with E-state index < -0.39 is 16.9 Å². The van der Waals surface area contributed by atoms with Gasteiger partial charge in [0.15, 0.2) is 4.80 Å². The standard InChI is InChI=1S/C22H16ClN3O5S/c1-12-18(21(28)31-2)19(15-8-3-4-9-16(15)23)25-20(27)17(32-22(25)24-12)11-13-6-5-7-14(10-13)26(29)30/h3-11,19H,1-2H3/b17-11+/t19-/m0/s1. The molecule has 8 nitrogen and oxygen atoms in total. The van der Waals surface area contributed by atoms with E-state index in [4.69, 9.17) is 16.3 Å². The third-order valence-corrected chi connectivity index (χ3v) is 6.33. The first-order valence-electron chi connectivity index (χ1n) is 9.41. The number of benzene rings is 2. The fraction of sp³-hybridized carbons (Fsp3) is 0.136. The highest BCUT2D eigenvalue weighted by molar-refractivity contribution is 7.07. The second kappa shape index (κ2) is 8.52. The molecule has 0 amide bonds. The minimum atomic E-state index is -0.820. The van der Waals surface area contributed by atoms with Crippen molar-refractivity contribution in [2.24, 2.45) is 4.99 Å². The van der Waals surface area contributed by atoms with Crippen LogP contribution in [-0.4, -0.2) is 22.6 Å². The minimum absolute atomic E-state index is 0.0794. The summed E-state index contributed by atoms with van der Waals surface area (Å²) >= 11 is 7.56. The zero-order valence-electron chi connectivity index (χ0n) is 16.9. The van der Waals surface area contributed by atoms with Crippen LogP contribution in [0.4, 0.5) is 5.69 Å². The van der Waals surface area contributed by atoms with Gasteiger partial charge in [-0.1, -0.05) is 53.3 Å². The third kappa shape index (κ3) is 3.76. The number of hydrogen-bond donors (Lipinski definition) is 0. The lowest BCUT2D eigenvalue weighted by Gasteiger charge is -2.25. The Bertz CT molecular complexity index is 1470. The predicted octanol–water partition coefficient (Wildman–Crippen LogP) is 2.97. The van der Waals surface area contributed by atoms with Gasteiger partial charge in [0.05, 0.1) is 27.8 Å².